The van der Waals surface area contributed by atoms with Crippen LogP contribution in [-0.4, -0.2) is 13.0 Å². The lowest BCUT2D eigenvalue weighted by Gasteiger charge is -2.31. The van der Waals surface area contributed by atoms with Crippen molar-refractivity contribution in [2.75, 3.05) is 6.16 Å². The highest BCUT2D eigenvalue weighted by Crippen LogP contribution is 2.62. The summed E-state index contributed by atoms with van der Waals surface area (Å²) < 4.78 is 10.8. The standard InChI is InChI=1S/C9H10BO2P/c1-6-5-13(9(6)4)10-11-7(2)8(3)12-10/h1-5H2. The molecular formula is C9H10BO2P. The molecule has 2 rings (SSSR count). The van der Waals surface area contributed by atoms with Crippen molar-refractivity contribution in [3.63, 3.8) is 0 Å². The van der Waals surface area contributed by atoms with Crippen LogP contribution >= 0.6 is 7.80 Å². The van der Waals surface area contributed by atoms with E-state index in [0.717, 1.165) is 17.0 Å². The largest absolute Gasteiger partial charge is 0.626 e. The zero-order valence-corrected chi connectivity index (χ0v) is 8.27. The predicted octanol–water partition coefficient (Wildman–Crippen LogP) is 2.61. The SMILES string of the molecule is C=C1CP(B2OC(=C)C(=C)O2)C1=C. The van der Waals surface area contributed by atoms with Gasteiger partial charge in [-0.05, 0) is 24.8 Å². The van der Waals surface area contributed by atoms with Gasteiger partial charge in [0, 0.05) is 0 Å². The van der Waals surface area contributed by atoms with Crippen LogP contribution in [0, 0.1) is 0 Å². The second-order valence-electron chi connectivity index (χ2n) is 3.07. The highest BCUT2D eigenvalue weighted by molar-refractivity contribution is 7.93. The Hall–Kier alpha value is -0.945. The van der Waals surface area contributed by atoms with Crippen LogP contribution in [0.3, 0.4) is 0 Å². The summed E-state index contributed by atoms with van der Waals surface area (Å²) in [4.78, 5) is 0. The second-order valence-corrected chi connectivity index (χ2v) is 5.28. The number of hydrogen-bond donors (Lipinski definition) is 0. The first kappa shape index (κ1) is 8.64. The Morgan fingerprint density at radius 2 is 1.62 bits per heavy atom. The number of allylic oxidation sites excluding steroid dienone is 2. The van der Waals surface area contributed by atoms with Gasteiger partial charge in [-0.2, -0.15) is 0 Å². The monoisotopic (exact) mass is 192 g/mol. The number of hydrogen-bond acceptors (Lipinski definition) is 2. The molecule has 0 aromatic rings. The maximum atomic E-state index is 5.41. The van der Waals surface area contributed by atoms with E-state index in [1.165, 1.54) is 0 Å². The van der Waals surface area contributed by atoms with Crippen LogP contribution in [0.5, 0.6) is 0 Å². The smallest absolute Gasteiger partial charge is 0.520 e. The fourth-order valence-corrected chi connectivity index (χ4v) is 3.15. The summed E-state index contributed by atoms with van der Waals surface area (Å²) in [5.74, 6) is 1.08. The summed E-state index contributed by atoms with van der Waals surface area (Å²) in [5, 5.41) is 1.09. The van der Waals surface area contributed by atoms with Crippen LogP contribution in [-0.2, 0) is 9.31 Å². The van der Waals surface area contributed by atoms with Crippen molar-refractivity contribution >= 4 is 14.6 Å². The second kappa shape index (κ2) is 2.78. The van der Waals surface area contributed by atoms with Gasteiger partial charge in [0.2, 0.25) is 0 Å². The van der Waals surface area contributed by atoms with E-state index in [1.807, 2.05) is 0 Å². The van der Waals surface area contributed by atoms with E-state index in [-0.39, 0.29) is 6.84 Å². The van der Waals surface area contributed by atoms with Crippen molar-refractivity contribution in [1.82, 2.24) is 0 Å². The Bertz CT molecular complexity index is 319. The van der Waals surface area contributed by atoms with Gasteiger partial charge < -0.3 is 9.31 Å². The molecule has 2 aliphatic heterocycles. The molecule has 0 radical (unpaired) electrons. The van der Waals surface area contributed by atoms with Crippen molar-refractivity contribution in [2.45, 2.75) is 0 Å². The van der Waals surface area contributed by atoms with Crippen LogP contribution < -0.4 is 0 Å². The summed E-state index contributed by atoms with van der Waals surface area (Å²) in [7, 11) is -0.413. The molecule has 0 aromatic carbocycles. The molecule has 0 aromatic heterocycles. The Labute approximate surface area is 79.5 Å². The average molecular weight is 192 g/mol. The minimum absolute atomic E-state index is 0.215. The minimum atomic E-state index is -0.413. The zero-order chi connectivity index (χ0) is 9.59. The molecule has 2 nitrogen and oxygen atoms in total. The molecule has 1 unspecified atom stereocenters. The molecule has 0 aliphatic carbocycles. The third-order valence-corrected chi connectivity index (χ3v) is 4.62. The van der Waals surface area contributed by atoms with Crippen LogP contribution in [0.2, 0.25) is 0 Å². The molecule has 13 heavy (non-hydrogen) atoms. The van der Waals surface area contributed by atoms with Crippen LogP contribution in [0.25, 0.3) is 0 Å². The van der Waals surface area contributed by atoms with Gasteiger partial charge in [0.25, 0.3) is 0 Å². The normalized spacial score (nSPS) is 27.1. The van der Waals surface area contributed by atoms with Crippen LogP contribution in [0.15, 0.2) is 48.7 Å². The Morgan fingerprint density at radius 1 is 1.08 bits per heavy atom. The van der Waals surface area contributed by atoms with E-state index in [1.54, 1.807) is 0 Å². The zero-order valence-electron chi connectivity index (χ0n) is 7.38. The van der Waals surface area contributed by atoms with Gasteiger partial charge in [0.05, 0.1) is 0 Å². The first-order valence-corrected chi connectivity index (χ1v) is 5.54. The van der Waals surface area contributed by atoms with E-state index in [2.05, 4.69) is 26.3 Å². The van der Waals surface area contributed by atoms with E-state index in [4.69, 9.17) is 9.31 Å². The van der Waals surface area contributed by atoms with Gasteiger partial charge in [0.1, 0.15) is 11.5 Å². The highest BCUT2D eigenvalue weighted by Gasteiger charge is 2.47. The Balaban J connectivity index is 2.05. The molecule has 2 aliphatic rings. The van der Waals surface area contributed by atoms with E-state index in [9.17, 15) is 0 Å². The van der Waals surface area contributed by atoms with Crippen molar-refractivity contribution in [1.29, 1.82) is 0 Å². The predicted molar refractivity (Wildman–Crippen MR) is 56.3 cm³/mol. The van der Waals surface area contributed by atoms with Gasteiger partial charge in [-0.3, -0.25) is 0 Å². The molecule has 0 N–H and O–H groups in total. The van der Waals surface area contributed by atoms with Crippen molar-refractivity contribution in [3.05, 3.63) is 48.7 Å². The lowest BCUT2D eigenvalue weighted by molar-refractivity contribution is 0.440. The fourth-order valence-electron chi connectivity index (χ4n) is 1.23. The minimum Gasteiger partial charge on any atom is -0.520 e. The third kappa shape index (κ3) is 1.24. The molecular weight excluding hydrogens is 182 g/mol. The van der Waals surface area contributed by atoms with E-state index in [0.29, 0.717) is 11.5 Å². The molecule has 4 heteroatoms. The molecule has 0 bridgehead atoms. The summed E-state index contributed by atoms with van der Waals surface area (Å²) in [6.45, 7) is 14.9. The average Bonchev–Trinajstić information content (AvgIpc) is 2.41. The topological polar surface area (TPSA) is 18.5 Å². The van der Waals surface area contributed by atoms with Crippen molar-refractivity contribution < 1.29 is 9.31 Å². The van der Waals surface area contributed by atoms with E-state index >= 15 is 0 Å². The molecule has 2 heterocycles. The molecule has 66 valence electrons. The molecule has 0 saturated carbocycles. The Morgan fingerprint density at radius 3 is 2.00 bits per heavy atom. The van der Waals surface area contributed by atoms with Crippen LogP contribution in [0.4, 0.5) is 0 Å². The lowest BCUT2D eigenvalue weighted by atomic mass is 10.3. The molecule has 0 amide bonds. The van der Waals surface area contributed by atoms with Gasteiger partial charge in [-0.25, -0.2) is 0 Å². The summed E-state index contributed by atoms with van der Waals surface area (Å²) in [6.07, 6.45) is 0.958. The quantitative estimate of drug-likeness (QED) is 0.469. The Kier molecular flexibility index (Phi) is 1.85. The van der Waals surface area contributed by atoms with Crippen molar-refractivity contribution in [3.8, 4) is 0 Å². The molecule has 2 saturated heterocycles. The van der Waals surface area contributed by atoms with Gasteiger partial charge in [-0.15, -0.1) is 0 Å². The van der Waals surface area contributed by atoms with Crippen molar-refractivity contribution in [2.24, 2.45) is 0 Å². The fraction of sp³-hybridized carbons (Fsp3) is 0.111. The summed E-state index contributed by atoms with van der Waals surface area (Å²) >= 11 is 0. The first-order chi connectivity index (χ1) is 6.09. The third-order valence-electron chi connectivity index (χ3n) is 2.17. The maximum Gasteiger partial charge on any atom is 0.626 e. The van der Waals surface area contributed by atoms with Gasteiger partial charge >= 0.3 is 6.84 Å². The number of rotatable bonds is 1. The van der Waals surface area contributed by atoms with Gasteiger partial charge in [-0.1, -0.05) is 26.3 Å². The maximum absolute atomic E-state index is 5.41. The molecule has 0 spiro atoms. The van der Waals surface area contributed by atoms with E-state index < -0.39 is 7.80 Å². The first-order valence-electron chi connectivity index (χ1n) is 3.95. The van der Waals surface area contributed by atoms with Gasteiger partial charge in [0.15, 0.2) is 0 Å². The lowest BCUT2D eigenvalue weighted by Crippen LogP contribution is -2.21. The summed E-state index contributed by atoms with van der Waals surface area (Å²) in [5.41, 5.74) is 1.11. The highest BCUT2D eigenvalue weighted by atomic mass is 31.1. The van der Waals surface area contributed by atoms with Crippen LogP contribution in [0.1, 0.15) is 0 Å². The summed E-state index contributed by atoms with van der Waals surface area (Å²) in [6, 6.07) is 0. The molecule has 2 fully saturated rings. The molecule has 1 atom stereocenters.